The molecule has 0 aromatic heterocycles. The van der Waals surface area contributed by atoms with E-state index in [0.717, 1.165) is 26.8 Å². The van der Waals surface area contributed by atoms with Gasteiger partial charge in [0.05, 0.1) is 10.6 Å². The summed E-state index contributed by atoms with van der Waals surface area (Å²) < 4.78 is 28.7. The van der Waals surface area contributed by atoms with Crippen LogP contribution in [0.2, 0.25) is 0 Å². The van der Waals surface area contributed by atoms with Gasteiger partial charge in [-0.15, -0.1) is 0 Å². The molecule has 0 fully saturated rings. The van der Waals surface area contributed by atoms with Gasteiger partial charge in [0.2, 0.25) is 0 Å². The minimum Gasteiger partial charge on any atom is -0.289 e. The molecule has 6 heteroatoms. The number of rotatable bonds is 9. The Bertz CT molecular complexity index is 1750. The monoisotopic (exact) mass is 591 g/mol. The van der Waals surface area contributed by atoms with E-state index in [9.17, 15) is 13.2 Å². The maximum atomic E-state index is 14.9. The number of nitrogens with zero attached hydrogens (tertiary/aromatic N) is 1. The van der Waals surface area contributed by atoms with Gasteiger partial charge in [-0.3, -0.25) is 9.10 Å². The van der Waals surface area contributed by atoms with Crippen LogP contribution in [0.3, 0.4) is 0 Å². The van der Waals surface area contributed by atoms with Crippen LogP contribution >= 0.6 is 6.89 Å². The van der Waals surface area contributed by atoms with Crippen molar-refractivity contribution in [1.29, 1.82) is 0 Å². The van der Waals surface area contributed by atoms with Crippen molar-refractivity contribution in [2.45, 2.75) is 25.2 Å². The van der Waals surface area contributed by atoms with E-state index in [1.165, 1.54) is 11.4 Å². The van der Waals surface area contributed by atoms with Crippen molar-refractivity contribution in [1.82, 2.24) is 0 Å². The van der Waals surface area contributed by atoms with E-state index in [4.69, 9.17) is 0 Å². The number of para-hydroxylation sites is 1. The fourth-order valence-corrected chi connectivity index (χ4v) is 11.3. The van der Waals surface area contributed by atoms with Gasteiger partial charge in [0.25, 0.3) is 10.0 Å². The number of anilines is 1. The Hall–Kier alpha value is -4.18. The number of benzene rings is 5. The third-order valence-corrected chi connectivity index (χ3v) is 13.9. The molecule has 0 bridgehead atoms. The fraction of sp³-hybridized carbons (Fsp3) is 0.111. The van der Waals surface area contributed by atoms with Gasteiger partial charge in [0.15, 0.2) is 5.78 Å². The predicted octanol–water partition coefficient (Wildman–Crippen LogP) is 6.58. The van der Waals surface area contributed by atoms with Crippen molar-refractivity contribution in [3.63, 3.8) is 0 Å². The molecule has 0 aliphatic heterocycles. The molecule has 0 saturated heterocycles. The van der Waals surface area contributed by atoms with Gasteiger partial charge in [-0.1, -0.05) is 128 Å². The second-order valence-corrected chi connectivity index (χ2v) is 15.5. The summed E-state index contributed by atoms with van der Waals surface area (Å²) >= 11 is 0. The van der Waals surface area contributed by atoms with E-state index in [1.54, 1.807) is 48.5 Å². The van der Waals surface area contributed by atoms with Gasteiger partial charge in [-0.25, -0.2) is 8.42 Å². The van der Waals surface area contributed by atoms with Crippen LogP contribution in [-0.2, 0) is 10.0 Å². The summed E-state index contributed by atoms with van der Waals surface area (Å²) in [6, 6.07) is 44.5. The SMILES string of the molecule is CCC(C(=O)c1ccccc1N(C)S(=O)(=O)c1ccc(C)cc1)=P(c1ccccc1)(c1ccccc1)c1ccccc1. The van der Waals surface area contributed by atoms with Gasteiger partial charge >= 0.3 is 0 Å². The highest BCUT2D eigenvalue weighted by Crippen LogP contribution is 2.48. The number of sulfonamides is 1. The molecule has 5 aromatic carbocycles. The highest BCUT2D eigenvalue weighted by Gasteiger charge is 2.34. The van der Waals surface area contributed by atoms with Crippen LogP contribution in [0.1, 0.15) is 29.3 Å². The van der Waals surface area contributed by atoms with Crippen LogP contribution in [0.5, 0.6) is 0 Å². The van der Waals surface area contributed by atoms with Crippen molar-refractivity contribution in [3.05, 3.63) is 151 Å². The molecule has 0 saturated carbocycles. The number of Topliss-reactive ketones (excluding diaryl/α,β-unsaturated/α-hetero) is 1. The van der Waals surface area contributed by atoms with Gasteiger partial charge < -0.3 is 0 Å². The lowest BCUT2D eigenvalue weighted by molar-refractivity contribution is 0.106. The minimum absolute atomic E-state index is 0.149. The molecule has 0 heterocycles. The van der Waals surface area contributed by atoms with Crippen LogP contribution in [-0.4, -0.2) is 26.5 Å². The largest absolute Gasteiger partial charge is 0.289 e. The Morgan fingerprint density at radius 1 is 0.643 bits per heavy atom. The summed E-state index contributed by atoms with van der Waals surface area (Å²) in [6.07, 6.45) is 0.494. The van der Waals surface area contributed by atoms with Crippen molar-refractivity contribution < 1.29 is 13.2 Å². The van der Waals surface area contributed by atoms with Crippen LogP contribution in [0.4, 0.5) is 5.69 Å². The minimum atomic E-state index is -3.91. The standard InChI is InChI=1S/C36H34NO3PS/c1-4-35(36(38)33-22-14-15-23-34(33)37(3)42(39,40)32-26-24-28(2)25-27-32)41(29-16-8-5-9-17-29,30-18-10-6-11-19-30)31-20-12-7-13-21-31/h5-27H,4H2,1-3H3. The second-order valence-electron chi connectivity index (χ2n) is 10.1. The molecule has 0 spiro atoms. The second kappa shape index (κ2) is 12.4. The Kier molecular flexibility index (Phi) is 8.63. The first-order valence-electron chi connectivity index (χ1n) is 13.9. The Morgan fingerprint density at radius 2 is 1.07 bits per heavy atom. The lowest BCUT2D eigenvalue weighted by atomic mass is 10.0. The van der Waals surface area contributed by atoms with E-state index >= 15 is 0 Å². The zero-order valence-corrected chi connectivity index (χ0v) is 25.7. The quantitative estimate of drug-likeness (QED) is 0.144. The van der Waals surface area contributed by atoms with Gasteiger partial charge in [0.1, 0.15) is 0 Å². The van der Waals surface area contributed by atoms with Crippen molar-refractivity contribution in [2.75, 3.05) is 11.4 Å². The van der Waals surface area contributed by atoms with Crippen molar-refractivity contribution >= 4 is 49.6 Å². The molecule has 0 aliphatic rings. The molecular weight excluding hydrogens is 557 g/mol. The fourth-order valence-electron chi connectivity index (χ4n) is 5.51. The summed E-state index contributed by atoms with van der Waals surface area (Å²) in [5.41, 5.74) is 1.68. The molecule has 5 rings (SSSR count). The number of carbonyl (C=O) groups excluding carboxylic acids is 1. The summed E-state index contributed by atoms with van der Waals surface area (Å²) in [6.45, 7) is 1.29. The lowest BCUT2D eigenvalue weighted by Crippen LogP contribution is -2.34. The first-order chi connectivity index (χ1) is 20.3. The molecule has 0 unspecified atom stereocenters. The maximum Gasteiger partial charge on any atom is 0.264 e. The number of ketones is 1. The van der Waals surface area contributed by atoms with Gasteiger partial charge in [-0.2, -0.15) is 0 Å². The Morgan fingerprint density at radius 3 is 1.52 bits per heavy atom. The zero-order chi connectivity index (χ0) is 29.7. The molecule has 0 N–H and O–H groups in total. The Balaban J connectivity index is 1.81. The van der Waals surface area contributed by atoms with Crippen molar-refractivity contribution in [2.24, 2.45) is 0 Å². The van der Waals surface area contributed by atoms with E-state index < -0.39 is 16.9 Å². The van der Waals surface area contributed by atoms with E-state index in [0.29, 0.717) is 17.7 Å². The van der Waals surface area contributed by atoms with Gasteiger partial charge in [0, 0.05) is 17.9 Å². The zero-order valence-electron chi connectivity index (χ0n) is 24.0. The molecule has 4 nitrogen and oxygen atoms in total. The van der Waals surface area contributed by atoms with Crippen LogP contribution in [0.25, 0.3) is 0 Å². The molecule has 0 atom stereocenters. The molecule has 5 aromatic rings. The number of hydrogen-bond acceptors (Lipinski definition) is 3. The predicted molar refractivity (Wildman–Crippen MR) is 178 cm³/mol. The third kappa shape index (κ3) is 5.27. The normalized spacial score (nSPS) is 11.6. The first-order valence-corrected chi connectivity index (χ1v) is 17.2. The molecule has 0 radical (unpaired) electrons. The van der Waals surface area contributed by atoms with Gasteiger partial charge in [-0.05, 0) is 60.4 Å². The lowest BCUT2D eigenvalue weighted by Gasteiger charge is -2.33. The molecule has 212 valence electrons. The summed E-state index contributed by atoms with van der Waals surface area (Å²) in [4.78, 5) is 15.1. The molecular formula is C36H34NO3PS. The smallest absolute Gasteiger partial charge is 0.264 e. The Labute approximate surface area is 249 Å². The summed E-state index contributed by atoms with van der Waals surface area (Å²) in [5, 5.41) is 3.99. The number of carbonyl (C=O) groups is 1. The van der Waals surface area contributed by atoms with Crippen LogP contribution < -0.4 is 20.2 Å². The van der Waals surface area contributed by atoms with Crippen LogP contribution in [0, 0.1) is 6.92 Å². The highest BCUT2D eigenvalue weighted by atomic mass is 32.2. The summed E-state index contributed by atoms with van der Waals surface area (Å²) in [5.74, 6) is -0.149. The van der Waals surface area contributed by atoms with E-state index in [1.807, 2.05) is 68.4 Å². The van der Waals surface area contributed by atoms with E-state index in [2.05, 4.69) is 36.4 Å². The molecule has 0 amide bonds. The topological polar surface area (TPSA) is 54.5 Å². The number of aryl methyl sites for hydroxylation is 1. The average Bonchev–Trinajstić information content (AvgIpc) is 3.04. The van der Waals surface area contributed by atoms with E-state index in [-0.39, 0.29) is 10.7 Å². The molecule has 0 aliphatic carbocycles. The summed E-state index contributed by atoms with van der Waals surface area (Å²) in [7, 11) is -2.39. The van der Waals surface area contributed by atoms with Crippen molar-refractivity contribution in [3.8, 4) is 0 Å². The highest BCUT2D eigenvalue weighted by molar-refractivity contribution is 7.96. The number of hydrogen-bond donors (Lipinski definition) is 0. The molecule has 42 heavy (non-hydrogen) atoms. The maximum absolute atomic E-state index is 14.9. The average molecular weight is 592 g/mol. The first kappa shape index (κ1) is 29.3. The van der Waals surface area contributed by atoms with Crippen LogP contribution in [0.15, 0.2) is 144 Å². The third-order valence-electron chi connectivity index (χ3n) is 7.60.